The van der Waals surface area contributed by atoms with Crippen LogP contribution in [0, 0.1) is 0 Å². The van der Waals surface area contributed by atoms with Gasteiger partial charge in [-0.3, -0.25) is 10.1 Å². The first-order chi connectivity index (χ1) is 13.0. The molecule has 0 spiro atoms. The minimum atomic E-state index is -3.00. The van der Waals surface area contributed by atoms with Gasteiger partial charge in [0.15, 0.2) is 0 Å². The fourth-order valence-electron chi connectivity index (χ4n) is 2.13. The second-order valence-electron chi connectivity index (χ2n) is 6.69. The third-order valence-corrected chi connectivity index (χ3v) is 3.47. The van der Waals surface area contributed by atoms with E-state index < -0.39 is 24.2 Å². The Morgan fingerprint density at radius 1 is 1.04 bits per heavy atom. The minimum absolute atomic E-state index is 0.0709. The molecule has 0 unspecified atom stereocenters. The molecule has 0 aliphatic heterocycles. The van der Waals surface area contributed by atoms with Crippen molar-refractivity contribution in [2.24, 2.45) is 0 Å². The molecule has 0 heterocycles. The molecule has 0 aliphatic rings. The highest BCUT2D eigenvalue weighted by molar-refractivity contribution is 6.32. The number of carbonyl (C=O) groups excluding carboxylic acids is 2. The van der Waals surface area contributed by atoms with Crippen LogP contribution in [-0.2, 0) is 4.74 Å². The van der Waals surface area contributed by atoms with Gasteiger partial charge >= 0.3 is 12.7 Å². The van der Waals surface area contributed by atoms with Gasteiger partial charge in [0.2, 0.25) is 0 Å². The Hall–Kier alpha value is -2.87. The summed E-state index contributed by atoms with van der Waals surface area (Å²) in [5.41, 5.74) is 0.277. The van der Waals surface area contributed by atoms with Gasteiger partial charge in [-0.25, -0.2) is 4.79 Å². The highest BCUT2D eigenvalue weighted by atomic mass is 35.5. The summed E-state index contributed by atoms with van der Waals surface area (Å²) < 4.78 is 33.9. The Morgan fingerprint density at radius 2 is 1.71 bits per heavy atom. The Bertz CT molecular complexity index is 869. The first-order valence-corrected chi connectivity index (χ1v) is 8.57. The highest BCUT2D eigenvalue weighted by Crippen LogP contribution is 2.29. The van der Waals surface area contributed by atoms with Crippen LogP contribution in [0.5, 0.6) is 5.75 Å². The van der Waals surface area contributed by atoms with E-state index in [0.29, 0.717) is 11.4 Å². The predicted octanol–water partition coefficient (Wildman–Crippen LogP) is 5.54. The molecule has 0 aliphatic carbocycles. The summed E-state index contributed by atoms with van der Waals surface area (Å²) in [6, 6.07) is 10.1. The molecule has 6 nitrogen and oxygen atoms in total. The van der Waals surface area contributed by atoms with Gasteiger partial charge < -0.3 is 14.8 Å². The molecule has 0 aromatic heterocycles. The van der Waals surface area contributed by atoms with Crippen LogP contribution in [0.15, 0.2) is 42.5 Å². The number of ether oxygens (including phenoxy) is 2. The number of hydrogen-bond acceptors (Lipinski definition) is 4. The third-order valence-electron chi connectivity index (χ3n) is 3.18. The largest absolute Gasteiger partial charge is 0.444 e. The summed E-state index contributed by atoms with van der Waals surface area (Å²) in [4.78, 5) is 24.2. The van der Waals surface area contributed by atoms with Crippen molar-refractivity contribution in [3.63, 3.8) is 0 Å². The number of nitrogens with one attached hydrogen (secondary N) is 2. The Kier molecular flexibility index (Phi) is 6.80. The summed E-state index contributed by atoms with van der Waals surface area (Å²) in [5, 5.41) is 5.06. The number of rotatable bonds is 5. The van der Waals surface area contributed by atoms with Gasteiger partial charge in [0, 0.05) is 16.9 Å². The van der Waals surface area contributed by atoms with Crippen molar-refractivity contribution in [1.29, 1.82) is 0 Å². The molecular formula is C19H19ClF2N2O4. The molecule has 0 fully saturated rings. The van der Waals surface area contributed by atoms with Crippen LogP contribution < -0.4 is 15.4 Å². The molecule has 2 N–H and O–H groups in total. The number of carbonyl (C=O) groups is 2. The lowest BCUT2D eigenvalue weighted by Gasteiger charge is -2.19. The van der Waals surface area contributed by atoms with Gasteiger partial charge in [0.1, 0.15) is 11.4 Å². The van der Waals surface area contributed by atoms with E-state index in [4.69, 9.17) is 16.3 Å². The maximum absolute atomic E-state index is 12.4. The number of hydrogen-bond donors (Lipinski definition) is 2. The average Bonchev–Trinajstić information content (AvgIpc) is 2.55. The molecule has 2 aromatic rings. The van der Waals surface area contributed by atoms with Gasteiger partial charge in [0.05, 0.1) is 5.02 Å². The molecular weight excluding hydrogens is 394 g/mol. The molecule has 9 heteroatoms. The van der Waals surface area contributed by atoms with Crippen LogP contribution in [0.3, 0.4) is 0 Å². The Balaban J connectivity index is 2.07. The molecule has 0 radical (unpaired) electrons. The Labute approximate surface area is 165 Å². The van der Waals surface area contributed by atoms with Crippen molar-refractivity contribution < 1.29 is 27.8 Å². The fourth-order valence-corrected chi connectivity index (χ4v) is 2.36. The van der Waals surface area contributed by atoms with E-state index in [-0.39, 0.29) is 16.3 Å². The molecule has 0 saturated carbocycles. The van der Waals surface area contributed by atoms with Crippen LogP contribution in [-0.4, -0.2) is 24.2 Å². The van der Waals surface area contributed by atoms with E-state index in [1.54, 1.807) is 39.0 Å². The van der Waals surface area contributed by atoms with E-state index in [1.165, 1.54) is 24.3 Å². The van der Waals surface area contributed by atoms with Crippen LogP contribution in [0.4, 0.5) is 25.0 Å². The highest BCUT2D eigenvalue weighted by Gasteiger charge is 2.17. The van der Waals surface area contributed by atoms with Crippen LogP contribution in [0.1, 0.15) is 31.1 Å². The van der Waals surface area contributed by atoms with E-state index in [2.05, 4.69) is 15.4 Å². The van der Waals surface area contributed by atoms with Crippen molar-refractivity contribution >= 4 is 35.0 Å². The number of alkyl halides is 2. The summed E-state index contributed by atoms with van der Waals surface area (Å²) >= 11 is 5.87. The predicted molar refractivity (Wildman–Crippen MR) is 102 cm³/mol. The normalized spacial score (nSPS) is 11.1. The zero-order valence-electron chi connectivity index (χ0n) is 15.4. The molecule has 0 bridgehead atoms. The lowest BCUT2D eigenvalue weighted by Crippen LogP contribution is -2.27. The third kappa shape index (κ3) is 6.70. The maximum atomic E-state index is 12.4. The van der Waals surface area contributed by atoms with Gasteiger partial charge in [-0.05, 0) is 57.2 Å². The second-order valence-corrected chi connectivity index (χ2v) is 7.09. The zero-order chi connectivity index (χ0) is 20.9. The molecule has 2 amide bonds. The average molecular weight is 413 g/mol. The van der Waals surface area contributed by atoms with E-state index >= 15 is 0 Å². The number of halogens is 3. The molecule has 2 rings (SSSR count). The number of benzene rings is 2. The SMILES string of the molecule is CC(C)(C)OC(=O)Nc1cccc(C(=O)Nc2ccc(OC(F)F)c(Cl)c2)c1. The smallest absolute Gasteiger partial charge is 0.412 e. The lowest BCUT2D eigenvalue weighted by molar-refractivity contribution is -0.0497. The van der Waals surface area contributed by atoms with Crippen LogP contribution in [0.2, 0.25) is 5.02 Å². The molecule has 150 valence electrons. The van der Waals surface area contributed by atoms with Crippen LogP contribution in [0.25, 0.3) is 0 Å². The van der Waals surface area contributed by atoms with Crippen LogP contribution >= 0.6 is 11.6 Å². The van der Waals surface area contributed by atoms with Gasteiger partial charge in [-0.15, -0.1) is 0 Å². The van der Waals surface area contributed by atoms with Gasteiger partial charge in [-0.2, -0.15) is 8.78 Å². The standard InChI is InChI=1S/C19H19ClF2N2O4/c1-19(2,3)28-18(26)24-12-6-4-5-11(9-12)16(25)23-13-7-8-15(14(20)10-13)27-17(21)22/h4-10,17H,1-3H3,(H,23,25)(H,24,26). The quantitative estimate of drug-likeness (QED) is 0.675. The first kappa shape index (κ1) is 21.4. The number of anilines is 2. The van der Waals surface area contributed by atoms with Gasteiger partial charge in [-0.1, -0.05) is 17.7 Å². The number of amides is 2. The zero-order valence-corrected chi connectivity index (χ0v) is 16.1. The monoisotopic (exact) mass is 412 g/mol. The lowest BCUT2D eigenvalue weighted by atomic mass is 10.2. The first-order valence-electron chi connectivity index (χ1n) is 8.19. The summed E-state index contributed by atoms with van der Waals surface area (Å²) in [6.07, 6.45) is -0.647. The van der Waals surface area contributed by atoms with Crippen molar-refractivity contribution in [2.75, 3.05) is 10.6 Å². The molecule has 0 atom stereocenters. The van der Waals surface area contributed by atoms with E-state index in [0.717, 1.165) is 0 Å². The van der Waals surface area contributed by atoms with E-state index in [1.807, 2.05) is 0 Å². The van der Waals surface area contributed by atoms with Crippen molar-refractivity contribution in [2.45, 2.75) is 33.0 Å². The molecule has 2 aromatic carbocycles. The topological polar surface area (TPSA) is 76.7 Å². The maximum Gasteiger partial charge on any atom is 0.412 e. The summed E-state index contributed by atoms with van der Waals surface area (Å²) in [7, 11) is 0. The van der Waals surface area contributed by atoms with Crippen molar-refractivity contribution in [1.82, 2.24) is 0 Å². The second kappa shape index (κ2) is 8.88. The van der Waals surface area contributed by atoms with Gasteiger partial charge in [0.25, 0.3) is 5.91 Å². The van der Waals surface area contributed by atoms with E-state index in [9.17, 15) is 18.4 Å². The summed E-state index contributed by atoms with van der Waals surface area (Å²) in [5.74, 6) is -0.676. The van der Waals surface area contributed by atoms with Crippen molar-refractivity contribution in [3.05, 3.63) is 53.1 Å². The summed E-state index contributed by atoms with van der Waals surface area (Å²) in [6.45, 7) is 2.20. The van der Waals surface area contributed by atoms with Crippen molar-refractivity contribution in [3.8, 4) is 5.75 Å². The Morgan fingerprint density at radius 3 is 2.32 bits per heavy atom. The molecule has 28 heavy (non-hydrogen) atoms. The fraction of sp³-hybridized carbons (Fsp3) is 0.263. The molecule has 0 saturated heterocycles. The minimum Gasteiger partial charge on any atom is -0.444 e.